The molecule has 0 bridgehead atoms. The molecule has 3 heterocycles. The number of carbonyl (C=O) groups is 1. The van der Waals surface area contributed by atoms with Gasteiger partial charge in [-0.2, -0.15) is 0 Å². The fourth-order valence-corrected chi connectivity index (χ4v) is 4.65. The largest absolute Gasteiger partial charge is 0.383 e. The molecule has 27 heavy (non-hydrogen) atoms. The highest BCUT2D eigenvalue weighted by Crippen LogP contribution is 2.25. The molecule has 2 aromatic rings. The van der Waals surface area contributed by atoms with E-state index in [2.05, 4.69) is 27.1 Å². The lowest BCUT2D eigenvalue weighted by Crippen LogP contribution is -2.45. The molecule has 0 fully saturated rings. The first-order valence-corrected chi connectivity index (χ1v) is 10.9. The van der Waals surface area contributed by atoms with Gasteiger partial charge >= 0.3 is 0 Å². The Morgan fingerprint density at radius 1 is 1.33 bits per heavy atom. The molecule has 1 aliphatic rings. The van der Waals surface area contributed by atoms with E-state index in [0.717, 1.165) is 17.8 Å². The first kappa shape index (κ1) is 19.9. The van der Waals surface area contributed by atoms with Crippen LogP contribution in [-0.2, 0) is 23.4 Å². The van der Waals surface area contributed by atoms with Gasteiger partial charge in [-0.3, -0.25) is 4.79 Å². The summed E-state index contributed by atoms with van der Waals surface area (Å²) in [5, 5.41) is 20.9. The smallest absolute Gasteiger partial charge is 0.244 e. The molecule has 8 heteroatoms. The molecule has 3 N–H and O–H groups in total. The van der Waals surface area contributed by atoms with Crippen LogP contribution < -0.4 is 10.6 Å². The first-order valence-electron chi connectivity index (χ1n) is 9.11. The second kappa shape index (κ2) is 8.86. The number of guanidine groups is 1. The standard InChI is InChI=1S/C19H26N4O2S2/c1-3-20-18(22-13-19(2,25)16-5-4-9-27-16)21-11-17(24)23-8-6-15-14(12-23)7-10-26-15/h4-5,7,9-10,25H,3,6,8,11-13H2,1-2H3,(H2,20,21,22). The Hall–Kier alpha value is -1.90. The highest BCUT2D eigenvalue weighted by atomic mass is 32.1. The molecule has 1 aliphatic heterocycles. The number of fused-ring (bicyclic) bond motifs is 1. The number of nitrogens with one attached hydrogen (secondary N) is 2. The van der Waals surface area contributed by atoms with Gasteiger partial charge in [0.1, 0.15) is 12.1 Å². The van der Waals surface area contributed by atoms with Crippen molar-refractivity contribution in [3.8, 4) is 0 Å². The number of aliphatic imine (C=N–C) groups is 1. The second-order valence-corrected chi connectivity index (χ2v) is 8.68. The Balaban J connectivity index is 1.56. The van der Waals surface area contributed by atoms with Gasteiger partial charge in [-0.15, -0.1) is 22.7 Å². The van der Waals surface area contributed by atoms with E-state index in [9.17, 15) is 9.90 Å². The van der Waals surface area contributed by atoms with Crippen LogP contribution in [0.4, 0.5) is 0 Å². The van der Waals surface area contributed by atoms with Gasteiger partial charge in [0, 0.05) is 29.4 Å². The molecule has 3 rings (SSSR count). The summed E-state index contributed by atoms with van der Waals surface area (Å²) < 4.78 is 0. The number of hydrogen-bond donors (Lipinski definition) is 3. The fourth-order valence-electron chi connectivity index (χ4n) is 2.98. The van der Waals surface area contributed by atoms with E-state index in [4.69, 9.17) is 0 Å². The molecule has 1 amide bonds. The highest BCUT2D eigenvalue weighted by Gasteiger charge is 2.25. The van der Waals surface area contributed by atoms with Gasteiger partial charge < -0.3 is 20.6 Å². The van der Waals surface area contributed by atoms with Crippen LogP contribution >= 0.6 is 22.7 Å². The Kier molecular flexibility index (Phi) is 6.51. The molecule has 0 aromatic carbocycles. The highest BCUT2D eigenvalue weighted by molar-refractivity contribution is 7.10. The van der Waals surface area contributed by atoms with Crippen LogP contribution in [0, 0.1) is 0 Å². The van der Waals surface area contributed by atoms with E-state index in [0.29, 0.717) is 25.6 Å². The summed E-state index contributed by atoms with van der Waals surface area (Å²) in [5.74, 6) is 0.560. The van der Waals surface area contributed by atoms with Crippen molar-refractivity contribution in [3.63, 3.8) is 0 Å². The number of amides is 1. The maximum absolute atomic E-state index is 12.5. The minimum absolute atomic E-state index is 0.0223. The second-order valence-electron chi connectivity index (χ2n) is 6.73. The minimum atomic E-state index is -0.989. The van der Waals surface area contributed by atoms with Crippen LogP contribution in [0.5, 0.6) is 0 Å². The molecule has 1 atom stereocenters. The Morgan fingerprint density at radius 2 is 2.19 bits per heavy atom. The van der Waals surface area contributed by atoms with Crippen molar-refractivity contribution in [1.29, 1.82) is 0 Å². The zero-order valence-corrected chi connectivity index (χ0v) is 17.3. The molecule has 1 unspecified atom stereocenters. The van der Waals surface area contributed by atoms with Crippen molar-refractivity contribution < 1.29 is 9.90 Å². The zero-order valence-electron chi connectivity index (χ0n) is 15.7. The van der Waals surface area contributed by atoms with Gasteiger partial charge in [-0.25, -0.2) is 4.99 Å². The maximum atomic E-state index is 12.5. The number of thiophene rings is 2. The van der Waals surface area contributed by atoms with E-state index < -0.39 is 5.60 Å². The van der Waals surface area contributed by atoms with E-state index in [1.807, 2.05) is 29.3 Å². The van der Waals surface area contributed by atoms with E-state index in [1.54, 1.807) is 18.3 Å². The lowest BCUT2D eigenvalue weighted by atomic mass is 10.1. The van der Waals surface area contributed by atoms with Crippen LogP contribution in [0.1, 0.15) is 29.2 Å². The number of carbonyl (C=O) groups excluding carboxylic acids is 1. The number of rotatable bonds is 6. The molecular formula is C19H26N4O2S2. The van der Waals surface area contributed by atoms with Crippen LogP contribution in [-0.4, -0.2) is 48.1 Å². The van der Waals surface area contributed by atoms with Crippen LogP contribution in [0.25, 0.3) is 0 Å². The number of hydrogen-bond acceptors (Lipinski definition) is 5. The zero-order chi connectivity index (χ0) is 19.3. The maximum Gasteiger partial charge on any atom is 0.244 e. The minimum Gasteiger partial charge on any atom is -0.383 e. The van der Waals surface area contributed by atoms with Crippen molar-refractivity contribution in [2.24, 2.45) is 4.99 Å². The number of nitrogens with zero attached hydrogens (tertiary/aromatic N) is 2. The van der Waals surface area contributed by atoms with E-state index in [-0.39, 0.29) is 12.5 Å². The summed E-state index contributed by atoms with van der Waals surface area (Å²) in [6.45, 7) is 6.25. The Labute approximate surface area is 167 Å². The van der Waals surface area contributed by atoms with Gasteiger partial charge in [0.25, 0.3) is 0 Å². The molecule has 146 valence electrons. The summed E-state index contributed by atoms with van der Waals surface area (Å²) in [5.41, 5.74) is 0.261. The van der Waals surface area contributed by atoms with Crippen LogP contribution in [0.2, 0.25) is 0 Å². The van der Waals surface area contributed by atoms with Crippen molar-refractivity contribution in [3.05, 3.63) is 44.3 Å². The molecule has 0 aliphatic carbocycles. The van der Waals surface area contributed by atoms with Gasteiger partial charge in [0.05, 0.1) is 6.54 Å². The van der Waals surface area contributed by atoms with Crippen molar-refractivity contribution in [2.75, 3.05) is 26.2 Å². The molecule has 2 aromatic heterocycles. The van der Waals surface area contributed by atoms with Gasteiger partial charge in [-0.1, -0.05) is 6.07 Å². The normalized spacial score (nSPS) is 16.6. The monoisotopic (exact) mass is 406 g/mol. The molecule has 0 spiro atoms. The average molecular weight is 407 g/mol. The summed E-state index contributed by atoms with van der Waals surface area (Å²) in [6.07, 6.45) is 0.921. The van der Waals surface area contributed by atoms with Gasteiger partial charge in [0.2, 0.25) is 5.91 Å². The number of aliphatic hydroxyl groups is 1. The quantitative estimate of drug-likeness (QED) is 0.508. The van der Waals surface area contributed by atoms with Crippen LogP contribution in [0.15, 0.2) is 34.0 Å². The van der Waals surface area contributed by atoms with Gasteiger partial charge in [-0.05, 0) is 48.7 Å². The molecule has 0 saturated heterocycles. The predicted molar refractivity (Wildman–Crippen MR) is 111 cm³/mol. The van der Waals surface area contributed by atoms with E-state index >= 15 is 0 Å². The van der Waals surface area contributed by atoms with E-state index in [1.165, 1.54) is 21.8 Å². The predicted octanol–water partition coefficient (Wildman–Crippen LogP) is 2.16. The molecular weight excluding hydrogens is 380 g/mol. The SMILES string of the molecule is CCNC(=NCC(=O)N1CCc2sccc2C1)NCC(C)(O)c1cccs1. The van der Waals surface area contributed by atoms with Crippen molar-refractivity contribution in [1.82, 2.24) is 15.5 Å². The molecule has 0 saturated carbocycles. The molecule has 6 nitrogen and oxygen atoms in total. The third kappa shape index (κ3) is 5.09. The Bertz CT molecular complexity index is 783. The summed E-state index contributed by atoms with van der Waals surface area (Å²) in [6, 6.07) is 5.93. The van der Waals surface area contributed by atoms with Gasteiger partial charge in [0.15, 0.2) is 5.96 Å². The van der Waals surface area contributed by atoms with Crippen LogP contribution in [0.3, 0.4) is 0 Å². The summed E-state index contributed by atoms with van der Waals surface area (Å²) in [4.78, 5) is 21.1. The third-order valence-corrected chi connectivity index (χ3v) is 6.68. The fraction of sp³-hybridized carbons (Fsp3) is 0.474. The Morgan fingerprint density at radius 3 is 2.93 bits per heavy atom. The third-order valence-electron chi connectivity index (χ3n) is 4.53. The summed E-state index contributed by atoms with van der Waals surface area (Å²) in [7, 11) is 0. The molecule has 0 radical (unpaired) electrons. The van der Waals surface area contributed by atoms with Crippen molar-refractivity contribution >= 4 is 34.5 Å². The first-order chi connectivity index (χ1) is 13.0. The lowest BCUT2D eigenvalue weighted by Gasteiger charge is -2.27. The lowest BCUT2D eigenvalue weighted by molar-refractivity contribution is -0.130. The average Bonchev–Trinajstić information content (AvgIpc) is 3.35. The van der Waals surface area contributed by atoms with Crippen molar-refractivity contribution in [2.45, 2.75) is 32.4 Å². The summed E-state index contributed by atoms with van der Waals surface area (Å²) >= 11 is 3.28. The topological polar surface area (TPSA) is 77.0 Å².